The molecule has 0 saturated heterocycles. The molecular formula is C5H5BrN2O2. The number of hydrogen-bond donors (Lipinski definition) is 1. The molecule has 0 fully saturated rings. The first kappa shape index (κ1) is 7.27. The summed E-state index contributed by atoms with van der Waals surface area (Å²) in [6.45, 7) is 1.70. The molecule has 2 N–H and O–H groups in total. The molecule has 1 rings (SSSR count). The zero-order valence-electron chi connectivity index (χ0n) is 5.22. The Morgan fingerprint density at radius 1 is 1.80 bits per heavy atom. The molecule has 10 heavy (non-hydrogen) atoms. The van der Waals surface area contributed by atoms with E-state index in [9.17, 15) is 4.79 Å². The second-order valence-corrected chi connectivity index (χ2v) is 2.51. The van der Waals surface area contributed by atoms with Crippen LogP contribution in [0.1, 0.15) is 16.1 Å². The van der Waals surface area contributed by atoms with Crippen molar-refractivity contribution in [3.05, 3.63) is 15.9 Å². The molecule has 0 atom stereocenters. The first-order valence-electron chi connectivity index (χ1n) is 2.54. The van der Waals surface area contributed by atoms with Gasteiger partial charge in [-0.15, -0.1) is 0 Å². The summed E-state index contributed by atoms with van der Waals surface area (Å²) in [5.74, 6) is -0.577. The lowest BCUT2D eigenvalue weighted by molar-refractivity contribution is 0.0991. The minimum absolute atomic E-state index is 0.173. The van der Waals surface area contributed by atoms with Crippen molar-refractivity contribution >= 4 is 21.8 Å². The van der Waals surface area contributed by atoms with Gasteiger partial charge in [0.2, 0.25) is 4.67 Å². The average molecular weight is 205 g/mol. The highest BCUT2D eigenvalue weighted by atomic mass is 79.9. The summed E-state index contributed by atoms with van der Waals surface area (Å²) in [7, 11) is 0. The van der Waals surface area contributed by atoms with Crippen LogP contribution in [-0.4, -0.2) is 11.1 Å². The van der Waals surface area contributed by atoms with E-state index in [1.54, 1.807) is 6.92 Å². The summed E-state index contributed by atoms with van der Waals surface area (Å²) in [5.41, 5.74) is 5.75. The van der Waals surface area contributed by atoms with E-state index in [1.807, 2.05) is 0 Å². The van der Waals surface area contributed by atoms with Crippen LogP contribution in [0.5, 0.6) is 0 Å². The zero-order valence-corrected chi connectivity index (χ0v) is 6.81. The van der Waals surface area contributed by atoms with Crippen molar-refractivity contribution in [1.82, 2.24) is 5.16 Å². The second kappa shape index (κ2) is 2.42. The van der Waals surface area contributed by atoms with E-state index in [1.165, 1.54) is 0 Å². The Bertz CT molecular complexity index is 269. The molecule has 1 heterocycles. The van der Waals surface area contributed by atoms with Gasteiger partial charge in [0.25, 0.3) is 5.91 Å². The highest BCUT2D eigenvalue weighted by molar-refractivity contribution is 9.10. The van der Waals surface area contributed by atoms with Crippen molar-refractivity contribution in [2.45, 2.75) is 6.92 Å². The van der Waals surface area contributed by atoms with E-state index < -0.39 is 5.91 Å². The molecule has 0 aliphatic rings. The number of nitrogens with zero attached hydrogens (tertiary/aromatic N) is 1. The lowest BCUT2D eigenvalue weighted by Crippen LogP contribution is -2.12. The van der Waals surface area contributed by atoms with Crippen LogP contribution in [0, 0.1) is 6.92 Å². The number of amides is 1. The molecule has 0 radical (unpaired) electrons. The molecule has 0 aliphatic heterocycles. The third-order valence-electron chi connectivity index (χ3n) is 1.10. The Hall–Kier alpha value is -0.840. The quantitative estimate of drug-likeness (QED) is 0.738. The van der Waals surface area contributed by atoms with Crippen LogP contribution in [-0.2, 0) is 0 Å². The molecule has 1 aromatic heterocycles. The third kappa shape index (κ3) is 1.04. The lowest BCUT2D eigenvalue weighted by Gasteiger charge is -1.84. The molecule has 5 heteroatoms. The van der Waals surface area contributed by atoms with Crippen molar-refractivity contribution in [2.75, 3.05) is 0 Å². The van der Waals surface area contributed by atoms with Crippen LogP contribution in [0.25, 0.3) is 0 Å². The number of halogens is 1. The smallest absolute Gasteiger partial charge is 0.271 e. The van der Waals surface area contributed by atoms with Crippen molar-refractivity contribution in [2.24, 2.45) is 5.73 Å². The van der Waals surface area contributed by atoms with Gasteiger partial charge in [-0.2, -0.15) is 0 Å². The van der Waals surface area contributed by atoms with E-state index in [2.05, 4.69) is 25.6 Å². The van der Waals surface area contributed by atoms with Crippen LogP contribution in [0.2, 0.25) is 0 Å². The monoisotopic (exact) mass is 204 g/mol. The molecule has 0 bridgehead atoms. The normalized spacial score (nSPS) is 9.80. The molecule has 4 nitrogen and oxygen atoms in total. The molecule has 0 spiro atoms. The fourth-order valence-corrected chi connectivity index (χ4v) is 0.806. The van der Waals surface area contributed by atoms with Crippen LogP contribution in [0.4, 0.5) is 0 Å². The maximum Gasteiger partial charge on any atom is 0.271 e. The molecule has 0 aromatic carbocycles. The minimum atomic E-state index is -0.577. The maximum absolute atomic E-state index is 10.5. The number of carbonyl (C=O) groups excluding carboxylic acids is 1. The Labute approximate surface area is 65.5 Å². The Morgan fingerprint density at radius 3 is 2.60 bits per heavy atom. The van der Waals surface area contributed by atoms with E-state index in [0.717, 1.165) is 0 Å². The van der Waals surface area contributed by atoms with E-state index >= 15 is 0 Å². The van der Waals surface area contributed by atoms with Crippen LogP contribution >= 0.6 is 15.9 Å². The molecule has 54 valence electrons. The van der Waals surface area contributed by atoms with Gasteiger partial charge >= 0.3 is 0 Å². The number of primary amides is 1. The summed E-state index contributed by atoms with van der Waals surface area (Å²) >= 11 is 3.05. The van der Waals surface area contributed by atoms with Crippen molar-refractivity contribution < 1.29 is 9.32 Å². The molecule has 0 saturated carbocycles. The molecule has 0 unspecified atom stereocenters. The number of carbonyl (C=O) groups is 1. The highest BCUT2D eigenvalue weighted by Crippen LogP contribution is 2.17. The van der Waals surface area contributed by atoms with Crippen LogP contribution in [0.3, 0.4) is 0 Å². The van der Waals surface area contributed by atoms with E-state index in [0.29, 0.717) is 10.2 Å². The zero-order chi connectivity index (χ0) is 7.72. The SMILES string of the molecule is Cc1c(C(N)=O)noc1Br. The van der Waals surface area contributed by atoms with Gasteiger partial charge in [0.15, 0.2) is 5.69 Å². The largest absolute Gasteiger partial charge is 0.364 e. The highest BCUT2D eigenvalue weighted by Gasteiger charge is 2.13. The molecule has 0 aliphatic carbocycles. The predicted octanol–water partition coefficient (Wildman–Crippen LogP) is 0.844. The second-order valence-electron chi connectivity index (χ2n) is 1.79. The van der Waals surface area contributed by atoms with Gasteiger partial charge < -0.3 is 10.3 Å². The summed E-state index contributed by atoms with van der Waals surface area (Å²) in [5, 5.41) is 3.42. The Balaban J connectivity index is 3.17. The standard InChI is InChI=1S/C5H5BrN2O2/c1-2-3(5(7)9)8-10-4(2)6/h1H3,(H2,7,9). The third-order valence-corrected chi connectivity index (χ3v) is 1.84. The minimum Gasteiger partial charge on any atom is -0.364 e. The number of rotatable bonds is 1. The molecule has 1 aromatic rings. The van der Waals surface area contributed by atoms with Crippen LogP contribution < -0.4 is 5.73 Å². The van der Waals surface area contributed by atoms with Gasteiger partial charge in [-0.1, -0.05) is 5.16 Å². The topological polar surface area (TPSA) is 69.1 Å². The number of hydrogen-bond acceptors (Lipinski definition) is 3. The summed E-state index contributed by atoms with van der Waals surface area (Å²) < 4.78 is 5.07. The lowest BCUT2D eigenvalue weighted by atomic mass is 10.3. The van der Waals surface area contributed by atoms with Gasteiger partial charge in [0.05, 0.1) is 0 Å². The van der Waals surface area contributed by atoms with Crippen molar-refractivity contribution in [1.29, 1.82) is 0 Å². The van der Waals surface area contributed by atoms with E-state index in [-0.39, 0.29) is 5.69 Å². The van der Waals surface area contributed by atoms with Gasteiger partial charge in [-0.25, -0.2) is 0 Å². The summed E-state index contributed by atoms with van der Waals surface area (Å²) in [6, 6.07) is 0. The van der Waals surface area contributed by atoms with Crippen molar-refractivity contribution in [3.8, 4) is 0 Å². The predicted molar refractivity (Wildman–Crippen MR) is 37.5 cm³/mol. The first-order chi connectivity index (χ1) is 4.63. The Kier molecular flexibility index (Phi) is 1.76. The first-order valence-corrected chi connectivity index (χ1v) is 3.34. The fraction of sp³-hybridized carbons (Fsp3) is 0.200. The Morgan fingerprint density at radius 2 is 2.40 bits per heavy atom. The fourth-order valence-electron chi connectivity index (χ4n) is 0.546. The average Bonchev–Trinajstić information content (AvgIpc) is 2.14. The van der Waals surface area contributed by atoms with Gasteiger partial charge in [-0.3, -0.25) is 4.79 Å². The number of aromatic nitrogens is 1. The molecular weight excluding hydrogens is 200 g/mol. The molecule has 1 amide bonds. The summed E-state index contributed by atoms with van der Waals surface area (Å²) in [4.78, 5) is 10.5. The van der Waals surface area contributed by atoms with Crippen LogP contribution in [0.15, 0.2) is 9.19 Å². The van der Waals surface area contributed by atoms with Crippen molar-refractivity contribution in [3.63, 3.8) is 0 Å². The maximum atomic E-state index is 10.5. The van der Waals surface area contributed by atoms with Gasteiger partial charge in [0, 0.05) is 5.56 Å². The van der Waals surface area contributed by atoms with Gasteiger partial charge in [-0.05, 0) is 22.9 Å². The van der Waals surface area contributed by atoms with Gasteiger partial charge in [0.1, 0.15) is 0 Å². The number of nitrogens with two attached hydrogens (primary N) is 1. The van der Waals surface area contributed by atoms with E-state index in [4.69, 9.17) is 5.73 Å². The summed E-state index contributed by atoms with van der Waals surface area (Å²) in [6.07, 6.45) is 0.